The summed E-state index contributed by atoms with van der Waals surface area (Å²) in [5, 5.41) is 15.3. The highest BCUT2D eigenvalue weighted by Gasteiger charge is 2.17. The molecule has 0 radical (unpaired) electrons. The molecule has 2 amide bonds. The molecule has 0 saturated carbocycles. The van der Waals surface area contributed by atoms with Crippen molar-refractivity contribution >= 4 is 35.3 Å². The van der Waals surface area contributed by atoms with Crippen molar-refractivity contribution in [2.45, 2.75) is 6.54 Å². The fourth-order valence-electron chi connectivity index (χ4n) is 3.19. The third kappa shape index (κ3) is 5.39. The lowest BCUT2D eigenvalue weighted by Crippen LogP contribution is -2.23. The molecule has 32 heavy (non-hydrogen) atoms. The van der Waals surface area contributed by atoms with Crippen LogP contribution in [0.2, 0.25) is 0 Å². The van der Waals surface area contributed by atoms with Gasteiger partial charge in [0.1, 0.15) is 0 Å². The Bertz CT molecular complexity index is 1160. The third-order valence-electron chi connectivity index (χ3n) is 4.69. The number of hydrogen-bond acceptors (Lipinski definition) is 6. The molecule has 3 N–H and O–H groups in total. The number of benzene rings is 3. The Morgan fingerprint density at radius 1 is 1.03 bits per heavy atom. The van der Waals surface area contributed by atoms with E-state index in [2.05, 4.69) is 21.4 Å². The number of anilines is 2. The number of nitriles is 1. The Morgan fingerprint density at radius 3 is 2.47 bits per heavy atom. The fraction of sp³-hybridized carbons (Fsp3) is 0.125. The van der Waals surface area contributed by atoms with E-state index < -0.39 is 12.0 Å². The highest BCUT2D eigenvalue weighted by molar-refractivity contribution is 7.97. The first kappa shape index (κ1) is 22.7. The molecular formula is C24H22N4O3S. The molecule has 162 valence electrons. The average molecular weight is 447 g/mol. The number of para-hydroxylation sites is 1. The van der Waals surface area contributed by atoms with E-state index in [9.17, 15) is 14.9 Å². The van der Waals surface area contributed by atoms with Gasteiger partial charge in [-0.15, -0.1) is 0 Å². The van der Waals surface area contributed by atoms with Crippen molar-refractivity contribution < 1.29 is 14.3 Å². The van der Waals surface area contributed by atoms with Gasteiger partial charge in [0.05, 0.1) is 35.7 Å². The first-order valence-corrected chi connectivity index (χ1v) is 10.9. The first-order chi connectivity index (χ1) is 15.6. The van der Waals surface area contributed by atoms with Crippen LogP contribution in [-0.4, -0.2) is 25.4 Å². The van der Waals surface area contributed by atoms with Crippen molar-refractivity contribution in [3.05, 3.63) is 83.4 Å². The summed E-state index contributed by atoms with van der Waals surface area (Å²) in [6, 6.07) is 22.1. The number of ether oxygens (including phenoxy) is 1. The fourth-order valence-corrected chi connectivity index (χ4v) is 3.43. The second-order valence-corrected chi connectivity index (χ2v) is 7.30. The molecule has 0 aliphatic heterocycles. The Labute approximate surface area is 190 Å². The Hall–Kier alpha value is -3.96. The van der Waals surface area contributed by atoms with Gasteiger partial charge in [0.2, 0.25) is 0 Å². The SMILES string of the molecule is COC(=O)c1cccc(NC(=O)NSC)c1NCc1ccc(-c2ccccc2C#N)cc1. The van der Waals surface area contributed by atoms with Gasteiger partial charge in [0, 0.05) is 12.8 Å². The molecule has 3 aromatic rings. The van der Waals surface area contributed by atoms with Gasteiger partial charge in [-0.05, 0) is 34.9 Å². The predicted octanol–water partition coefficient (Wildman–Crippen LogP) is 5.02. The van der Waals surface area contributed by atoms with Gasteiger partial charge in [0.15, 0.2) is 0 Å². The number of hydrogen-bond donors (Lipinski definition) is 3. The minimum Gasteiger partial charge on any atom is -0.465 e. The van der Waals surface area contributed by atoms with Crippen LogP contribution < -0.4 is 15.4 Å². The van der Waals surface area contributed by atoms with Crippen molar-refractivity contribution in [3.8, 4) is 17.2 Å². The molecule has 0 aliphatic carbocycles. The first-order valence-electron chi connectivity index (χ1n) is 9.71. The standard InChI is InChI=1S/C24H22N4O3S/c1-31-23(29)20-8-5-9-21(27-24(30)28-32-2)22(20)26-15-16-10-12-17(13-11-16)19-7-4-3-6-18(19)14-25/h3-13,26H,15H2,1-2H3,(H2,27,28,30). The Balaban J connectivity index is 1.83. The average Bonchev–Trinajstić information content (AvgIpc) is 2.83. The number of amides is 2. The van der Waals surface area contributed by atoms with Crippen LogP contribution in [-0.2, 0) is 11.3 Å². The van der Waals surface area contributed by atoms with E-state index >= 15 is 0 Å². The maximum atomic E-state index is 12.3. The summed E-state index contributed by atoms with van der Waals surface area (Å²) in [6.45, 7) is 0.410. The molecule has 0 unspecified atom stereocenters. The number of nitrogens with one attached hydrogen (secondary N) is 3. The van der Waals surface area contributed by atoms with E-state index in [4.69, 9.17) is 4.74 Å². The predicted molar refractivity (Wildman–Crippen MR) is 127 cm³/mol. The van der Waals surface area contributed by atoms with Gasteiger partial charge in [-0.2, -0.15) is 5.26 Å². The lowest BCUT2D eigenvalue weighted by molar-refractivity contribution is 0.0602. The van der Waals surface area contributed by atoms with Crippen LogP contribution in [0.5, 0.6) is 0 Å². The highest BCUT2D eigenvalue weighted by Crippen LogP contribution is 2.28. The molecule has 3 aromatic carbocycles. The summed E-state index contributed by atoms with van der Waals surface area (Å²) < 4.78 is 7.47. The zero-order valence-corrected chi connectivity index (χ0v) is 18.5. The van der Waals surface area contributed by atoms with Crippen LogP contribution in [0.4, 0.5) is 16.2 Å². The minimum absolute atomic E-state index is 0.314. The molecule has 0 aliphatic rings. The van der Waals surface area contributed by atoms with Crippen molar-refractivity contribution in [1.82, 2.24) is 4.72 Å². The maximum absolute atomic E-state index is 12.3. The molecule has 0 saturated heterocycles. The van der Waals surface area contributed by atoms with Crippen molar-refractivity contribution in [2.75, 3.05) is 24.0 Å². The lowest BCUT2D eigenvalue weighted by Gasteiger charge is -2.16. The minimum atomic E-state index is -0.509. The second kappa shape index (κ2) is 10.9. The lowest BCUT2D eigenvalue weighted by atomic mass is 9.99. The molecule has 0 heterocycles. The number of esters is 1. The normalized spacial score (nSPS) is 10.0. The summed E-state index contributed by atoms with van der Waals surface area (Å²) in [5.74, 6) is -0.509. The second-order valence-electron chi connectivity index (χ2n) is 6.69. The molecule has 7 nitrogen and oxygen atoms in total. The van der Waals surface area contributed by atoms with Crippen molar-refractivity contribution in [3.63, 3.8) is 0 Å². The summed E-state index contributed by atoms with van der Waals surface area (Å²) in [6.07, 6.45) is 1.74. The van der Waals surface area contributed by atoms with Gasteiger partial charge in [-0.1, -0.05) is 60.5 Å². The number of urea groups is 1. The van der Waals surface area contributed by atoms with Crippen LogP contribution in [0.1, 0.15) is 21.5 Å². The van der Waals surface area contributed by atoms with E-state index in [1.807, 2.05) is 42.5 Å². The zero-order valence-electron chi connectivity index (χ0n) is 17.6. The summed E-state index contributed by atoms with van der Waals surface area (Å²) in [7, 11) is 1.31. The van der Waals surface area contributed by atoms with E-state index in [-0.39, 0.29) is 0 Å². The number of carbonyl (C=O) groups is 2. The van der Waals surface area contributed by atoms with Crippen LogP contribution in [0.25, 0.3) is 11.1 Å². The molecule has 0 fully saturated rings. The molecule has 0 spiro atoms. The monoisotopic (exact) mass is 446 g/mol. The molecule has 0 atom stereocenters. The maximum Gasteiger partial charge on any atom is 0.340 e. The van der Waals surface area contributed by atoms with E-state index in [0.29, 0.717) is 29.0 Å². The Kier molecular flexibility index (Phi) is 7.73. The summed E-state index contributed by atoms with van der Waals surface area (Å²) in [5.41, 5.74) is 4.63. The molecular weight excluding hydrogens is 424 g/mol. The number of rotatable bonds is 7. The van der Waals surface area contributed by atoms with Crippen LogP contribution in [0.3, 0.4) is 0 Å². The molecule has 3 rings (SSSR count). The van der Waals surface area contributed by atoms with Gasteiger partial charge >= 0.3 is 12.0 Å². The smallest absolute Gasteiger partial charge is 0.340 e. The molecule has 0 aromatic heterocycles. The third-order valence-corrected chi connectivity index (χ3v) is 5.08. The molecule has 8 heteroatoms. The van der Waals surface area contributed by atoms with Gasteiger partial charge in [0.25, 0.3) is 0 Å². The summed E-state index contributed by atoms with van der Waals surface area (Å²) in [4.78, 5) is 24.3. The van der Waals surface area contributed by atoms with E-state index in [0.717, 1.165) is 16.7 Å². The van der Waals surface area contributed by atoms with Crippen LogP contribution in [0, 0.1) is 11.3 Å². The zero-order chi connectivity index (χ0) is 22.9. The largest absolute Gasteiger partial charge is 0.465 e. The van der Waals surface area contributed by atoms with Gasteiger partial charge in [-0.25, -0.2) is 9.59 Å². The van der Waals surface area contributed by atoms with Gasteiger partial charge in [-0.3, -0.25) is 4.72 Å². The Morgan fingerprint density at radius 2 is 1.78 bits per heavy atom. The number of carbonyl (C=O) groups excluding carboxylic acids is 2. The van der Waals surface area contributed by atoms with Crippen LogP contribution in [0.15, 0.2) is 66.7 Å². The van der Waals surface area contributed by atoms with E-state index in [1.54, 1.807) is 30.5 Å². The topological polar surface area (TPSA) is 103 Å². The quantitative estimate of drug-likeness (QED) is 0.348. The van der Waals surface area contributed by atoms with Crippen molar-refractivity contribution in [1.29, 1.82) is 5.26 Å². The van der Waals surface area contributed by atoms with Gasteiger partial charge < -0.3 is 15.4 Å². The number of methoxy groups -OCH3 is 1. The highest BCUT2D eigenvalue weighted by atomic mass is 32.2. The summed E-state index contributed by atoms with van der Waals surface area (Å²) >= 11 is 1.17. The van der Waals surface area contributed by atoms with E-state index in [1.165, 1.54) is 19.1 Å². The van der Waals surface area contributed by atoms with Crippen LogP contribution >= 0.6 is 11.9 Å². The number of nitrogens with zero attached hydrogens (tertiary/aromatic N) is 1. The van der Waals surface area contributed by atoms with Crippen molar-refractivity contribution in [2.24, 2.45) is 0 Å². The molecule has 0 bridgehead atoms.